The second-order valence-electron chi connectivity index (χ2n) is 6.22. The van der Waals surface area contributed by atoms with Crippen molar-refractivity contribution in [3.8, 4) is 0 Å². The molecule has 1 atom stereocenters. The zero-order chi connectivity index (χ0) is 17.4. The summed E-state index contributed by atoms with van der Waals surface area (Å²) in [5.41, 5.74) is 3.87. The van der Waals surface area contributed by atoms with E-state index < -0.39 is 0 Å². The molecular formula is C19H20N6. The molecule has 0 aliphatic rings. The number of hydrogen-bond acceptors (Lipinski definition) is 4. The van der Waals surface area contributed by atoms with Crippen LogP contribution in [0.25, 0.3) is 5.65 Å². The molecule has 0 saturated heterocycles. The number of rotatable bonds is 4. The Kier molecular flexibility index (Phi) is 3.72. The highest BCUT2D eigenvalue weighted by molar-refractivity contribution is 5.52. The molecule has 0 spiro atoms. The molecule has 0 aliphatic carbocycles. The van der Waals surface area contributed by atoms with Gasteiger partial charge in [0, 0.05) is 37.3 Å². The van der Waals surface area contributed by atoms with Gasteiger partial charge in [-0.15, -0.1) is 0 Å². The van der Waals surface area contributed by atoms with Gasteiger partial charge in [-0.25, -0.2) is 9.97 Å². The molecule has 6 heteroatoms. The molecule has 3 aromatic heterocycles. The van der Waals surface area contributed by atoms with Crippen molar-refractivity contribution in [3.05, 3.63) is 77.6 Å². The third kappa shape index (κ3) is 2.87. The summed E-state index contributed by atoms with van der Waals surface area (Å²) in [6.07, 6.45) is 3.77. The van der Waals surface area contributed by atoms with Crippen molar-refractivity contribution in [1.82, 2.24) is 24.1 Å². The molecule has 4 aromatic rings. The fourth-order valence-corrected chi connectivity index (χ4v) is 3.06. The molecule has 0 amide bonds. The van der Waals surface area contributed by atoms with Crippen LogP contribution in [0, 0.1) is 13.8 Å². The van der Waals surface area contributed by atoms with E-state index in [1.54, 1.807) is 0 Å². The first-order chi connectivity index (χ1) is 12.1. The van der Waals surface area contributed by atoms with Crippen molar-refractivity contribution >= 4 is 11.5 Å². The van der Waals surface area contributed by atoms with Crippen LogP contribution in [0.2, 0.25) is 0 Å². The van der Waals surface area contributed by atoms with Gasteiger partial charge in [-0.2, -0.15) is 9.61 Å². The van der Waals surface area contributed by atoms with Crippen LogP contribution in [0.15, 0.2) is 54.9 Å². The number of aromatic nitrogens is 5. The van der Waals surface area contributed by atoms with Gasteiger partial charge in [0.15, 0.2) is 5.65 Å². The van der Waals surface area contributed by atoms with E-state index in [-0.39, 0.29) is 6.04 Å². The van der Waals surface area contributed by atoms with Gasteiger partial charge in [-0.1, -0.05) is 30.3 Å². The van der Waals surface area contributed by atoms with E-state index in [1.165, 1.54) is 0 Å². The number of hydrogen-bond donors (Lipinski definition) is 1. The molecule has 6 nitrogen and oxygen atoms in total. The molecule has 0 saturated carbocycles. The van der Waals surface area contributed by atoms with E-state index in [0.29, 0.717) is 0 Å². The zero-order valence-electron chi connectivity index (χ0n) is 14.5. The minimum atomic E-state index is -0.0873. The number of anilines is 1. The van der Waals surface area contributed by atoms with Crippen LogP contribution < -0.4 is 5.32 Å². The number of aryl methyl sites for hydroxylation is 3. The molecule has 126 valence electrons. The summed E-state index contributed by atoms with van der Waals surface area (Å²) in [6.45, 7) is 3.97. The van der Waals surface area contributed by atoms with E-state index in [0.717, 1.165) is 34.2 Å². The number of fused-ring (bicyclic) bond motifs is 1. The van der Waals surface area contributed by atoms with Gasteiger partial charge in [0.1, 0.15) is 17.7 Å². The van der Waals surface area contributed by atoms with Crippen LogP contribution in [0.1, 0.15) is 28.8 Å². The highest BCUT2D eigenvalue weighted by Crippen LogP contribution is 2.26. The molecule has 0 radical (unpaired) electrons. The second-order valence-corrected chi connectivity index (χ2v) is 6.22. The lowest BCUT2D eigenvalue weighted by atomic mass is 10.1. The minimum absolute atomic E-state index is 0.0873. The molecule has 3 heterocycles. The minimum Gasteiger partial charge on any atom is -0.356 e. The lowest BCUT2D eigenvalue weighted by molar-refractivity contribution is 0.738. The topological polar surface area (TPSA) is 60.0 Å². The highest BCUT2D eigenvalue weighted by atomic mass is 15.3. The maximum atomic E-state index is 4.57. The molecule has 0 bridgehead atoms. The van der Waals surface area contributed by atoms with Gasteiger partial charge in [0.05, 0.1) is 5.69 Å². The first-order valence-corrected chi connectivity index (χ1v) is 8.24. The van der Waals surface area contributed by atoms with Crippen molar-refractivity contribution in [1.29, 1.82) is 0 Å². The summed E-state index contributed by atoms with van der Waals surface area (Å²) < 4.78 is 3.88. The van der Waals surface area contributed by atoms with E-state index in [9.17, 15) is 0 Å². The monoisotopic (exact) mass is 332 g/mol. The van der Waals surface area contributed by atoms with E-state index in [4.69, 9.17) is 0 Å². The lowest BCUT2D eigenvalue weighted by Gasteiger charge is -2.21. The fraction of sp³-hybridized carbons (Fsp3) is 0.211. The first kappa shape index (κ1) is 15.4. The Morgan fingerprint density at radius 3 is 2.56 bits per heavy atom. The maximum absolute atomic E-state index is 4.57. The molecular weight excluding hydrogens is 312 g/mol. The number of nitrogens with one attached hydrogen (secondary N) is 1. The van der Waals surface area contributed by atoms with Gasteiger partial charge in [-0.3, -0.25) is 0 Å². The van der Waals surface area contributed by atoms with Crippen molar-refractivity contribution in [2.24, 2.45) is 7.05 Å². The normalized spacial score (nSPS) is 12.4. The van der Waals surface area contributed by atoms with E-state index in [2.05, 4.69) is 32.5 Å². The summed E-state index contributed by atoms with van der Waals surface area (Å²) in [7, 11) is 2.01. The van der Waals surface area contributed by atoms with Crippen LogP contribution in [-0.4, -0.2) is 24.1 Å². The predicted molar refractivity (Wildman–Crippen MR) is 97.6 cm³/mol. The standard InChI is InChI=1S/C19H20N6/c1-13-11-17(25-16(21-13)12-14(2)23-25)22-18(15-7-5-4-6-8-15)19-20-9-10-24(19)3/h4-12,18,22H,1-3H3/t18-/m1/s1. The number of nitrogens with zero attached hydrogens (tertiary/aromatic N) is 5. The largest absolute Gasteiger partial charge is 0.356 e. The van der Waals surface area contributed by atoms with Crippen LogP contribution in [0.5, 0.6) is 0 Å². The summed E-state index contributed by atoms with van der Waals surface area (Å²) in [6, 6.07) is 14.2. The molecule has 4 rings (SSSR count). The number of benzene rings is 1. The summed E-state index contributed by atoms with van der Waals surface area (Å²) >= 11 is 0. The molecule has 1 N–H and O–H groups in total. The van der Waals surface area contributed by atoms with Crippen LogP contribution >= 0.6 is 0 Å². The van der Waals surface area contributed by atoms with Crippen molar-refractivity contribution in [2.75, 3.05) is 5.32 Å². The molecule has 0 fully saturated rings. The van der Waals surface area contributed by atoms with Crippen molar-refractivity contribution < 1.29 is 0 Å². The molecule has 0 aliphatic heterocycles. The molecule has 1 aromatic carbocycles. The zero-order valence-corrected chi connectivity index (χ0v) is 14.5. The van der Waals surface area contributed by atoms with Gasteiger partial charge in [-0.05, 0) is 19.4 Å². The summed E-state index contributed by atoms with van der Waals surface area (Å²) in [5.74, 6) is 1.84. The Hall–Kier alpha value is -3.15. The quantitative estimate of drug-likeness (QED) is 0.623. The fourth-order valence-electron chi connectivity index (χ4n) is 3.06. The highest BCUT2D eigenvalue weighted by Gasteiger charge is 2.20. The third-order valence-electron chi connectivity index (χ3n) is 4.22. The average Bonchev–Trinajstić information content (AvgIpc) is 3.18. The second kappa shape index (κ2) is 6.05. The van der Waals surface area contributed by atoms with Crippen molar-refractivity contribution in [3.63, 3.8) is 0 Å². The van der Waals surface area contributed by atoms with E-state index in [1.807, 2.05) is 72.7 Å². The number of imidazole rings is 1. The van der Waals surface area contributed by atoms with Gasteiger partial charge in [0.2, 0.25) is 0 Å². The smallest absolute Gasteiger partial charge is 0.157 e. The lowest BCUT2D eigenvalue weighted by Crippen LogP contribution is -2.19. The average molecular weight is 332 g/mol. The Morgan fingerprint density at radius 2 is 1.84 bits per heavy atom. The summed E-state index contributed by atoms with van der Waals surface area (Å²) in [4.78, 5) is 9.11. The maximum Gasteiger partial charge on any atom is 0.157 e. The Labute approximate surface area is 146 Å². The Morgan fingerprint density at radius 1 is 1.04 bits per heavy atom. The predicted octanol–water partition coefficient (Wildman–Crippen LogP) is 3.28. The van der Waals surface area contributed by atoms with Crippen LogP contribution in [0.4, 0.5) is 5.82 Å². The third-order valence-corrected chi connectivity index (χ3v) is 4.22. The molecule has 0 unspecified atom stereocenters. The first-order valence-electron chi connectivity index (χ1n) is 8.24. The van der Waals surface area contributed by atoms with Gasteiger partial charge < -0.3 is 9.88 Å². The Balaban J connectivity index is 1.84. The Bertz CT molecular complexity index is 1020. The van der Waals surface area contributed by atoms with Crippen molar-refractivity contribution in [2.45, 2.75) is 19.9 Å². The van der Waals surface area contributed by atoms with Gasteiger partial charge in [0.25, 0.3) is 0 Å². The van der Waals surface area contributed by atoms with E-state index >= 15 is 0 Å². The van der Waals surface area contributed by atoms with Gasteiger partial charge >= 0.3 is 0 Å². The van der Waals surface area contributed by atoms with Crippen LogP contribution in [0.3, 0.4) is 0 Å². The molecule has 25 heavy (non-hydrogen) atoms. The van der Waals surface area contributed by atoms with Crippen LogP contribution in [-0.2, 0) is 7.05 Å². The summed E-state index contributed by atoms with van der Waals surface area (Å²) in [5, 5.41) is 8.18. The SMILES string of the molecule is Cc1cc(N[C@H](c2ccccc2)c2nccn2C)n2nc(C)cc2n1.